The lowest BCUT2D eigenvalue weighted by atomic mass is 9.96. The molecule has 1 aliphatic heterocycles. The minimum absolute atomic E-state index is 0.0337. The molecule has 2 unspecified atom stereocenters. The van der Waals surface area contributed by atoms with Crippen molar-refractivity contribution in [2.75, 3.05) is 49.4 Å². The van der Waals surface area contributed by atoms with Gasteiger partial charge in [-0.2, -0.15) is 4.31 Å². The van der Waals surface area contributed by atoms with E-state index in [4.69, 9.17) is 30.7 Å². The molecule has 0 spiro atoms. The number of aliphatic hydroxyl groups is 2. The third kappa shape index (κ3) is 50.6. The van der Waals surface area contributed by atoms with Crippen molar-refractivity contribution in [3.8, 4) is 0 Å². The molecule has 4 rings (SSSR count). The van der Waals surface area contributed by atoms with Crippen LogP contribution in [0.4, 0.5) is 17.1 Å². The number of nitrogens with one attached hydrogen (secondary N) is 9. The van der Waals surface area contributed by atoms with E-state index in [0.717, 1.165) is 158 Å². The number of carboxylic acid groups (broad SMARTS) is 2. The average Bonchev–Trinajstić information content (AvgIpc) is 0.793. The Hall–Kier alpha value is -10.1. The number of rotatable bonds is 64. The monoisotopic (exact) mass is 2020 g/mol. The summed E-state index contributed by atoms with van der Waals surface area (Å²) in [6.45, 7) is 30.6. The minimum Gasteiger partial charge on any atom is -0.480 e. The Labute approximate surface area is 840 Å². The SMILES string of the molecule is CC(=O)N[C@H]1[C@@H](OP(=O)(O)OP(=O)(O)OC/C=C(/C)CC/C=C(/C)CC/C=C(/C)CC/C=C(/C)CC/C=C(/C)CC/C=C(/C)CC/C=C(/C)CC/C=C(/C)CC/C=C(\C)CC/C=C(\C)CCC=C(C)C)O[C@H](CO)[C@@H](O)[C@@H]1O[C@H](C)C(=O)N[C@@H](C)C(=O)N[C@H](CCC(=O)N[C@@H](CCCCNC(=S)Nc1ccc(NC(=O)c2cccc3c(N(C)C)cccc23)cc1)C(=O)N[C@H](C)C(=O)N[C@H](C)C(=O)O)C(=O)O. The number of ether oxygens (including phenoxy) is 2. The minimum atomic E-state index is -5.78. The molecule has 1 fully saturated rings. The fraction of sp³-hybridized carbons (Fsp3) is 0.547. The fourth-order valence-electron chi connectivity index (χ4n) is 15.2. The molecule has 1 saturated heterocycles. The Morgan fingerprint density at radius 3 is 1.33 bits per heavy atom. The predicted molar refractivity (Wildman–Crippen MR) is 563 cm³/mol. The van der Waals surface area contributed by atoms with Crippen LogP contribution < -0.4 is 52.8 Å². The number of fused-ring (bicyclic) bond motifs is 1. The summed E-state index contributed by atoms with van der Waals surface area (Å²) in [5.41, 5.74) is 17.5. The van der Waals surface area contributed by atoms with Gasteiger partial charge in [0.2, 0.25) is 35.4 Å². The first kappa shape index (κ1) is 123. The highest BCUT2D eigenvalue weighted by atomic mass is 32.1. The van der Waals surface area contributed by atoms with Gasteiger partial charge in [0.25, 0.3) is 5.91 Å². The van der Waals surface area contributed by atoms with E-state index in [-0.39, 0.29) is 30.4 Å². The molecule has 32 nitrogen and oxygen atoms in total. The molecule has 1 heterocycles. The van der Waals surface area contributed by atoms with E-state index in [9.17, 15) is 82.5 Å². The number of allylic oxidation sites excluding steroid dienone is 21. The van der Waals surface area contributed by atoms with Gasteiger partial charge in [-0.3, -0.25) is 47.4 Å². The standard InChI is InChI=1S/C106H160N10O22P2S/c1-69(2)34-22-35-70(3)36-23-37-71(4)38-24-39-72(5)40-25-41-73(6)42-26-43-74(7)44-27-45-75(8)46-28-47-76(9)48-29-49-77(10)50-30-51-78(11)52-31-53-79(12)65-67-134-139(130,131)138-140(132,133)137-105-95(111-84(17)118)97(96(120)93(68-117)136-105)135-83(16)100(123)108-81(14)99(122)115-91(104(128)129)63-64-94(119)114-90(102(125)109-80(13)98(121)110-82(15)103(126)127)57-20-21-66-107-106(141)113-86-61-59-85(60-62-86)112-101(124)89-56-32-55-88-87(89)54-33-58-92(88)116(18)19/h32-34,36,38,40,42,44,46,48,50,52,54-56,58-62,65,80-83,90-91,93,95-97,105,117,120H,20-31,35,37,39,41,43,45,47,49,51,53,57,63-64,66-68H2,1-19H3,(H,108,123)(H,109,125)(H,110,121)(H,111,118)(H,112,124)(H,114,119)(H,115,122)(H,126,127)(H,128,129)(H,130,131)(H,132,133)(H2,107,113,141)/b70-36+,71-38+,72-40-,73-42-,74-44-,75-46-,76-48-,77-50-,78-52-,79-65-/t80-,81+,82-,83-,90+,91-,93-,95-,96-,97-,105-/m1/s1. The van der Waals surface area contributed by atoms with Crippen LogP contribution in [0.15, 0.2) is 189 Å². The van der Waals surface area contributed by atoms with Crippen LogP contribution in [-0.2, 0) is 70.3 Å². The zero-order valence-electron chi connectivity index (χ0n) is 86.2. The van der Waals surface area contributed by atoms with E-state index >= 15 is 0 Å². The number of hydrogen-bond acceptors (Lipinski definition) is 20. The van der Waals surface area contributed by atoms with Crippen molar-refractivity contribution in [3.63, 3.8) is 0 Å². The van der Waals surface area contributed by atoms with E-state index in [2.05, 4.69) is 189 Å². The third-order valence-electron chi connectivity index (χ3n) is 23.8. The van der Waals surface area contributed by atoms with Gasteiger partial charge in [-0.15, -0.1) is 0 Å². The van der Waals surface area contributed by atoms with Crippen molar-refractivity contribution < 1.29 is 105 Å². The lowest BCUT2D eigenvalue weighted by Crippen LogP contribution is -2.66. The number of nitrogens with zero attached hydrogens (tertiary/aromatic N) is 1. The summed E-state index contributed by atoms with van der Waals surface area (Å²) in [6, 6.07) is 9.04. The first-order chi connectivity index (χ1) is 66.6. The maximum absolute atomic E-state index is 13.8. The summed E-state index contributed by atoms with van der Waals surface area (Å²) < 4.78 is 52.8. The van der Waals surface area contributed by atoms with Gasteiger partial charge in [0, 0.05) is 62.0 Å². The van der Waals surface area contributed by atoms with E-state index in [1.54, 1.807) is 37.3 Å². The van der Waals surface area contributed by atoms with E-state index < -0.39 is 156 Å². The largest absolute Gasteiger partial charge is 0.483 e. The van der Waals surface area contributed by atoms with Crippen molar-refractivity contribution in [3.05, 3.63) is 194 Å². The number of aliphatic carboxylic acids is 2. The Morgan fingerprint density at radius 2 is 0.894 bits per heavy atom. The second kappa shape index (κ2) is 65.2. The maximum atomic E-state index is 13.8. The number of carbonyl (C=O) groups excluding carboxylic acids is 7. The molecule has 0 bridgehead atoms. The van der Waals surface area contributed by atoms with Gasteiger partial charge in [0.15, 0.2) is 11.4 Å². The number of unbranched alkanes of at least 4 members (excludes halogenated alkanes) is 1. The summed E-state index contributed by atoms with van der Waals surface area (Å²) in [6.07, 6.45) is 35.3. The quantitative estimate of drug-likeness (QED) is 0.0108. The molecular weight excluding hydrogens is 1860 g/mol. The van der Waals surface area contributed by atoms with Crippen molar-refractivity contribution >= 4 is 114 Å². The number of phosphoric ester groups is 2. The second-order valence-electron chi connectivity index (χ2n) is 37.3. The molecule has 15 N–H and O–H groups in total. The molecule has 141 heavy (non-hydrogen) atoms. The molecule has 3 aromatic carbocycles. The Morgan fingerprint density at radius 1 is 0.475 bits per heavy atom. The number of aliphatic hydroxyl groups excluding tert-OH is 2. The van der Waals surface area contributed by atoms with E-state index in [0.29, 0.717) is 36.2 Å². The summed E-state index contributed by atoms with van der Waals surface area (Å²) in [4.78, 5) is 141. The maximum Gasteiger partial charge on any atom is 0.483 e. The number of amides is 7. The van der Waals surface area contributed by atoms with Crippen LogP contribution in [0.5, 0.6) is 0 Å². The lowest BCUT2D eigenvalue weighted by molar-refractivity contribution is -0.261. The smallest absolute Gasteiger partial charge is 0.480 e. The average molecular weight is 2020 g/mol. The highest BCUT2D eigenvalue weighted by molar-refractivity contribution is 7.80. The Balaban J connectivity index is 1.19. The van der Waals surface area contributed by atoms with Crippen molar-refractivity contribution in [1.29, 1.82) is 0 Å². The van der Waals surface area contributed by atoms with Gasteiger partial charge in [-0.1, -0.05) is 152 Å². The summed E-state index contributed by atoms with van der Waals surface area (Å²) in [7, 11) is -7.35. The number of anilines is 3. The van der Waals surface area contributed by atoms with Gasteiger partial charge in [-0.25, -0.2) is 13.9 Å². The number of phosphoric acid groups is 2. The molecule has 0 aliphatic carbocycles. The highest BCUT2D eigenvalue weighted by Gasteiger charge is 2.52. The molecule has 3 aromatic rings. The van der Waals surface area contributed by atoms with Crippen LogP contribution in [0.1, 0.15) is 289 Å². The van der Waals surface area contributed by atoms with Crippen LogP contribution in [-0.4, -0.2) is 189 Å². The Bertz CT molecular complexity index is 5090. The van der Waals surface area contributed by atoms with Crippen LogP contribution in [0.2, 0.25) is 0 Å². The van der Waals surface area contributed by atoms with Crippen LogP contribution in [0.25, 0.3) is 10.8 Å². The molecule has 0 saturated carbocycles. The third-order valence-corrected chi connectivity index (χ3v) is 26.7. The summed E-state index contributed by atoms with van der Waals surface area (Å²) in [5.74, 6) is -8.87. The van der Waals surface area contributed by atoms with Crippen LogP contribution in [0, 0.1) is 0 Å². The number of hydrogen-bond donors (Lipinski definition) is 15. The second-order valence-corrected chi connectivity index (χ2v) is 40.8. The zero-order chi connectivity index (χ0) is 105. The lowest BCUT2D eigenvalue weighted by Gasteiger charge is -2.44. The molecule has 0 aromatic heterocycles. The zero-order valence-corrected chi connectivity index (χ0v) is 88.8. The fourth-order valence-corrected chi connectivity index (χ4v) is 17.5. The molecule has 7 amide bonds. The first-order valence-electron chi connectivity index (χ1n) is 48.9. The van der Waals surface area contributed by atoms with E-state index in [1.165, 1.54) is 75.7 Å². The van der Waals surface area contributed by atoms with Gasteiger partial charge >= 0.3 is 27.6 Å². The number of carbonyl (C=O) groups is 9. The molecule has 35 heteroatoms. The number of benzene rings is 3. The normalized spacial score (nSPS) is 18.2. The number of carboxylic acids is 2. The van der Waals surface area contributed by atoms with Gasteiger partial charge in [0.05, 0.1) is 13.2 Å². The predicted octanol–water partition coefficient (Wildman–Crippen LogP) is 18.9. The molecule has 0 radical (unpaired) electrons. The highest BCUT2D eigenvalue weighted by Crippen LogP contribution is 2.61. The van der Waals surface area contributed by atoms with Gasteiger partial charge < -0.3 is 92.4 Å². The summed E-state index contributed by atoms with van der Waals surface area (Å²) >= 11 is 5.52. The van der Waals surface area contributed by atoms with Gasteiger partial charge in [0.1, 0.15) is 60.7 Å². The molecule has 13 atom stereocenters. The number of thiocarbonyl (C=S) groups is 1. The van der Waals surface area contributed by atoms with Crippen molar-refractivity contribution in [2.45, 2.75) is 345 Å². The van der Waals surface area contributed by atoms with Crippen LogP contribution in [0.3, 0.4) is 0 Å². The Kier molecular flexibility index (Phi) is 57.0. The van der Waals surface area contributed by atoms with Crippen molar-refractivity contribution in [2.24, 2.45) is 0 Å². The van der Waals surface area contributed by atoms with E-state index in [1.807, 2.05) is 49.3 Å². The topological polar surface area (TPSA) is 467 Å². The molecule has 1 aliphatic rings. The molecule has 782 valence electrons. The van der Waals surface area contributed by atoms with Crippen molar-refractivity contribution in [1.82, 2.24) is 37.2 Å². The van der Waals surface area contributed by atoms with Gasteiger partial charge in [-0.05, 0) is 319 Å². The molecular formula is C106H160N10O22P2S. The van der Waals surface area contributed by atoms with Crippen LogP contribution >= 0.6 is 27.9 Å². The first-order valence-corrected chi connectivity index (χ1v) is 52.3. The summed E-state index contributed by atoms with van der Waals surface area (Å²) in [5, 5.41) is 66.3.